The standard InChI is InChI=1S/C13H20N6O2/c1-18(2)13-14-11-10(12(15-13)21-3)16-17-19(11)8-6-4-5-7-9(8)20/h8-9,20H,4-7H2,1-3H3/t8-,9+/m0/s1. The van der Waals surface area contributed by atoms with Gasteiger partial charge in [0, 0.05) is 14.1 Å². The predicted molar refractivity (Wildman–Crippen MR) is 77.5 cm³/mol. The van der Waals surface area contributed by atoms with E-state index >= 15 is 0 Å². The van der Waals surface area contributed by atoms with E-state index in [9.17, 15) is 5.11 Å². The van der Waals surface area contributed by atoms with Crippen molar-refractivity contribution in [2.24, 2.45) is 0 Å². The van der Waals surface area contributed by atoms with Gasteiger partial charge in [-0.1, -0.05) is 18.1 Å². The average molecular weight is 292 g/mol. The molecule has 2 aromatic heterocycles. The van der Waals surface area contributed by atoms with E-state index < -0.39 is 6.10 Å². The molecule has 1 fully saturated rings. The van der Waals surface area contributed by atoms with Gasteiger partial charge in [0.1, 0.15) is 0 Å². The Bertz CT molecular complexity index is 641. The highest BCUT2D eigenvalue weighted by atomic mass is 16.5. The van der Waals surface area contributed by atoms with E-state index in [-0.39, 0.29) is 6.04 Å². The normalized spacial score (nSPS) is 22.5. The van der Waals surface area contributed by atoms with Crippen molar-refractivity contribution in [1.82, 2.24) is 25.0 Å². The molecule has 1 N–H and O–H groups in total. The van der Waals surface area contributed by atoms with E-state index in [2.05, 4.69) is 20.3 Å². The summed E-state index contributed by atoms with van der Waals surface area (Å²) >= 11 is 0. The second-order valence-corrected chi connectivity index (χ2v) is 5.55. The molecule has 2 atom stereocenters. The van der Waals surface area contributed by atoms with Crippen molar-refractivity contribution in [2.75, 3.05) is 26.1 Å². The molecule has 3 rings (SSSR count). The summed E-state index contributed by atoms with van der Waals surface area (Å²) in [5.74, 6) is 0.938. The van der Waals surface area contributed by atoms with E-state index in [1.165, 1.54) is 0 Å². The molecule has 0 saturated heterocycles. The van der Waals surface area contributed by atoms with Gasteiger partial charge in [-0.15, -0.1) is 5.10 Å². The van der Waals surface area contributed by atoms with Gasteiger partial charge < -0.3 is 14.7 Å². The molecule has 0 aliphatic heterocycles. The molecule has 2 heterocycles. The van der Waals surface area contributed by atoms with E-state index in [4.69, 9.17) is 4.74 Å². The minimum Gasteiger partial charge on any atom is -0.479 e. The third-order valence-corrected chi connectivity index (χ3v) is 3.88. The molecule has 21 heavy (non-hydrogen) atoms. The number of methoxy groups -OCH3 is 1. The number of aromatic nitrogens is 5. The zero-order valence-electron chi connectivity index (χ0n) is 12.5. The zero-order chi connectivity index (χ0) is 15.0. The molecule has 0 spiro atoms. The molecule has 1 aliphatic carbocycles. The van der Waals surface area contributed by atoms with Gasteiger partial charge >= 0.3 is 0 Å². The van der Waals surface area contributed by atoms with Crippen LogP contribution < -0.4 is 9.64 Å². The third-order valence-electron chi connectivity index (χ3n) is 3.88. The summed E-state index contributed by atoms with van der Waals surface area (Å²) in [5, 5.41) is 18.5. The summed E-state index contributed by atoms with van der Waals surface area (Å²) in [5.41, 5.74) is 1.14. The Morgan fingerprint density at radius 3 is 2.67 bits per heavy atom. The number of fused-ring (bicyclic) bond motifs is 1. The summed E-state index contributed by atoms with van der Waals surface area (Å²) in [6, 6.07) is -0.0848. The molecule has 114 valence electrons. The van der Waals surface area contributed by atoms with E-state index in [0.717, 1.165) is 25.7 Å². The molecule has 0 radical (unpaired) electrons. The van der Waals surface area contributed by atoms with Crippen LogP contribution in [0, 0.1) is 0 Å². The number of ether oxygens (including phenoxy) is 1. The first-order valence-electron chi connectivity index (χ1n) is 7.14. The van der Waals surface area contributed by atoms with Crippen LogP contribution >= 0.6 is 0 Å². The maximum Gasteiger partial charge on any atom is 0.249 e. The van der Waals surface area contributed by atoms with Gasteiger partial charge in [-0.05, 0) is 12.8 Å². The lowest BCUT2D eigenvalue weighted by molar-refractivity contribution is 0.0703. The van der Waals surface area contributed by atoms with Crippen molar-refractivity contribution in [2.45, 2.75) is 37.8 Å². The van der Waals surface area contributed by atoms with E-state index in [1.807, 2.05) is 14.1 Å². The molecule has 8 nitrogen and oxygen atoms in total. The average Bonchev–Trinajstić information content (AvgIpc) is 2.90. The molecular formula is C13H20N6O2. The largest absolute Gasteiger partial charge is 0.479 e. The molecular weight excluding hydrogens is 272 g/mol. The first kappa shape index (κ1) is 14.0. The van der Waals surface area contributed by atoms with Gasteiger partial charge in [0.15, 0.2) is 11.2 Å². The van der Waals surface area contributed by atoms with Gasteiger partial charge in [-0.2, -0.15) is 9.97 Å². The topological polar surface area (TPSA) is 89.2 Å². The van der Waals surface area contributed by atoms with Gasteiger partial charge in [-0.25, -0.2) is 4.68 Å². The second kappa shape index (κ2) is 5.44. The molecule has 8 heteroatoms. The van der Waals surface area contributed by atoms with Crippen LogP contribution in [0.25, 0.3) is 11.2 Å². The minimum absolute atomic E-state index is 0.0848. The number of aliphatic hydroxyl groups excluding tert-OH is 1. The van der Waals surface area contributed by atoms with Crippen LogP contribution in [0.3, 0.4) is 0 Å². The predicted octanol–water partition coefficient (Wildman–Crippen LogP) is 0.772. The highest BCUT2D eigenvalue weighted by Gasteiger charge is 2.28. The van der Waals surface area contributed by atoms with Gasteiger partial charge in [0.05, 0.1) is 19.3 Å². The van der Waals surface area contributed by atoms with Crippen LogP contribution in [0.4, 0.5) is 5.95 Å². The summed E-state index contributed by atoms with van der Waals surface area (Å²) < 4.78 is 7.01. The number of aliphatic hydroxyl groups is 1. The maximum absolute atomic E-state index is 10.2. The lowest BCUT2D eigenvalue weighted by Gasteiger charge is -2.27. The summed E-state index contributed by atoms with van der Waals surface area (Å²) in [6.07, 6.45) is 3.38. The monoisotopic (exact) mass is 292 g/mol. The number of anilines is 1. The van der Waals surface area contributed by atoms with Crippen molar-refractivity contribution in [1.29, 1.82) is 0 Å². The zero-order valence-corrected chi connectivity index (χ0v) is 12.5. The second-order valence-electron chi connectivity index (χ2n) is 5.55. The maximum atomic E-state index is 10.2. The molecule has 0 unspecified atom stereocenters. The van der Waals surface area contributed by atoms with Crippen molar-refractivity contribution in [3.05, 3.63) is 0 Å². The summed E-state index contributed by atoms with van der Waals surface area (Å²) in [6.45, 7) is 0. The molecule has 0 aromatic carbocycles. The number of hydrogen-bond donors (Lipinski definition) is 1. The fourth-order valence-corrected chi connectivity index (χ4v) is 2.74. The van der Waals surface area contributed by atoms with Crippen molar-refractivity contribution in [3.63, 3.8) is 0 Å². The Kier molecular flexibility index (Phi) is 3.62. The Morgan fingerprint density at radius 1 is 1.24 bits per heavy atom. The van der Waals surface area contributed by atoms with Gasteiger partial charge in [-0.3, -0.25) is 0 Å². The molecule has 0 amide bonds. The van der Waals surface area contributed by atoms with Crippen LogP contribution in [-0.4, -0.2) is 57.4 Å². The smallest absolute Gasteiger partial charge is 0.249 e. The van der Waals surface area contributed by atoms with Crippen LogP contribution in [-0.2, 0) is 0 Å². The Morgan fingerprint density at radius 2 is 2.00 bits per heavy atom. The van der Waals surface area contributed by atoms with Crippen molar-refractivity contribution < 1.29 is 9.84 Å². The van der Waals surface area contributed by atoms with Gasteiger partial charge in [0.25, 0.3) is 0 Å². The van der Waals surface area contributed by atoms with Crippen LogP contribution in [0.5, 0.6) is 5.88 Å². The van der Waals surface area contributed by atoms with Crippen LogP contribution in [0.15, 0.2) is 0 Å². The Balaban J connectivity index is 2.13. The first-order valence-corrected chi connectivity index (χ1v) is 7.14. The number of hydrogen-bond acceptors (Lipinski definition) is 7. The van der Waals surface area contributed by atoms with Crippen molar-refractivity contribution >= 4 is 17.1 Å². The Labute approximate surface area is 122 Å². The highest BCUT2D eigenvalue weighted by molar-refractivity contribution is 5.77. The molecule has 1 saturated carbocycles. The molecule has 0 bridgehead atoms. The minimum atomic E-state index is -0.410. The third kappa shape index (κ3) is 2.39. The molecule has 1 aliphatic rings. The van der Waals surface area contributed by atoms with Crippen LogP contribution in [0.2, 0.25) is 0 Å². The fraction of sp³-hybridized carbons (Fsp3) is 0.692. The number of rotatable bonds is 3. The molecule has 2 aromatic rings. The lowest BCUT2D eigenvalue weighted by Crippen LogP contribution is -2.28. The van der Waals surface area contributed by atoms with Gasteiger partial charge in [0.2, 0.25) is 11.8 Å². The quantitative estimate of drug-likeness (QED) is 0.893. The lowest BCUT2D eigenvalue weighted by atomic mass is 9.93. The summed E-state index contributed by atoms with van der Waals surface area (Å²) in [7, 11) is 5.28. The van der Waals surface area contributed by atoms with E-state index in [1.54, 1.807) is 16.7 Å². The fourth-order valence-electron chi connectivity index (χ4n) is 2.74. The number of nitrogens with zero attached hydrogens (tertiary/aromatic N) is 6. The first-order chi connectivity index (χ1) is 10.1. The Hall–Kier alpha value is -1.96. The SMILES string of the molecule is COc1nc(N(C)C)nc2c1nnn2[C@H]1CCCC[C@H]1O. The van der Waals surface area contributed by atoms with Crippen LogP contribution in [0.1, 0.15) is 31.7 Å². The van der Waals surface area contributed by atoms with E-state index in [0.29, 0.717) is 23.0 Å². The highest BCUT2D eigenvalue weighted by Crippen LogP contribution is 2.31. The van der Waals surface area contributed by atoms with Crippen molar-refractivity contribution in [3.8, 4) is 5.88 Å². The summed E-state index contributed by atoms with van der Waals surface area (Å²) in [4.78, 5) is 10.6.